The maximum atomic E-state index is 10.5. The summed E-state index contributed by atoms with van der Waals surface area (Å²) >= 11 is 5.58. The van der Waals surface area contributed by atoms with Gasteiger partial charge in [-0.05, 0) is 12.1 Å². The number of hydrogen-bond donors (Lipinski definition) is 1. The Morgan fingerprint density at radius 2 is 2.13 bits per heavy atom. The molecule has 0 amide bonds. The highest BCUT2D eigenvalue weighted by Crippen LogP contribution is 2.27. The second-order valence-electron chi connectivity index (χ2n) is 2.60. The van der Waals surface area contributed by atoms with Gasteiger partial charge in [0.15, 0.2) is 5.69 Å². The van der Waals surface area contributed by atoms with E-state index in [0.29, 0.717) is 10.5 Å². The Hall–Kier alpha value is -1.89. The van der Waals surface area contributed by atoms with Crippen LogP contribution in [0.2, 0.25) is 5.02 Å². The fourth-order valence-corrected chi connectivity index (χ4v) is 1.04. The molecular weight excluding hydrogens is 224 g/mol. The van der Waals surface area contributed by atoms with Gasteiger partial charge in [0.05, 0.1) is 16.2 Å². The van der Waals surface area contributed by atoms with Crippen molar-refractivity contribution in [1.29, 1.82) is 0 Å². The maximum Gasteiger partial charge on any atom is 0.292 e. The largest absolute Gasteiger partial charge is 0.696 e. The van der Waals surface area contributed by atoms with Crippen LogP contribution in [0, 0.1) is 15.3 Å². The molecule has 8 heteroatoms. The molecule has 0 saturated heterocycles. The molecule has 0 atom stereocenters. The SMILES string of the molecule is C/[N+]([O-])=N/Nc1ccc(Cl)c([N+](=O)[O-])c1. The molecule has 0 aliphatic heterocycles. The molecule has 0 spiro atoms. The van der Waals surface area contributed by atoms with E-state index in [9.17, 15) is 15.3 Å². The molecule has 1 aromatic carbocycles. The molecule has 1 N–H and O–H groups in total. The van der Waals surface area contributed by atoms with Crippen LogP contribution >= 0.6 is 11.6 Å². The number of nitrogens with zero attached hydrogens (tertiary/aromatic N) is 3. The number of hydroxylamine groups is 1. The number of nitrogens with one attached hydrogen (secondary N) is 1. The zero-order chi connectivity index (χ0) is 11.4. The molecule has 1 rings (SSSR count). The number of halogens is 1. The lowest BCUT2D eigenvalue weighted by Crippen LogP contribution is -1.97. The molecule has 1 aromatic rings. The Kier molecular flexibility index (Phi) is 3.40. The van der Waals surface area contributed by atoms with Crippen molar-refractivity contribution in [3.8, 4) is 0 Å². The summed E-state index contributed by atoms with van der Waals surface area (Å²) in [5.74, 6) is 0. The summed E-state index contributed by atoms with van der Waals surface area (Å²) < 4.78 is 0. The molecule has 0 saturated carbocycles. The molecule has 80 valence electrons. The van der Waals surface area contributed by atoms with Gasteiger partial charge in [0.2, 0.25) is 0 Å². The minimum absolute atomic E-state index is 0.0287. The topological polar surface area (TPSA) is 93.6 Å². The predicted octanol–water partition coefficient (Wildman–Crippen LogP) is 2.17. The summed E-state index contributed by atoms with van der Waals surface area (Å²) in [5, 5.41) is 24.2. The van der Waals surface area contributed by atoms with Crippen LogP contribution in [0.25, 0.3) is 0 Å². The van der Waals surface area contributed by atoms with Crippen LogP contribution in [0.5, 0.6) is 0 Å². The molecule has 0 unspecified atom stereocenters. The van der Waals surface area contributed by atoms with Crippen LogP contribution < -0.4 is 5.43 Å². The summed E-state index contributed by atoms with van der Waals surface area (Å²) in [4.78, 5) is 10.2. The standard InChI is InChI=1S/C7H7ClN4O3/c1-11(13)10-9-5-2-3-6(8)7(4-5)12(14)15/h2-4,9H,1H3/b11-10-. The molecular formula is C7H7ClN4O3. The van der Waals surface area contributed by atoms with E-state index in [1.165, 1.54) is 25.2 Å². The molecule has 0 aromatic heterocycles. The third-order valence-electron chi connectivity index (χ3n) is 1.46. The number of hydrogen-bond acceptors (Lipinski definition) is 4. The summed E-state index contributed by atoms with van der Waals surface area (Å²) in [7, 11) is 1.18. The minimum Gasteiger partial charge on any atom is -0.696 e. The van der Waals surface area contributed by atoms with Crippen LogP contribution in [-0.2, 0) is 0 Å². The quantitative estimate of drug-likeness (QED) is 0.373. The predicted molar refractivity (Wildman–Crippen MR) is 53.7 cm³/mol. The van der Waals surface area contributed by atoms with Crippen LogP contribution in [0.1, 0.15) is 0 Å². The van der Waals surface area contributed by atoms with E-state index in [2.05, 4.69) is 10.6 Å². The highest BCUT2D eigenvalue weighted by molar-refractivity contribution is 6.32. The number of nitro benzene ring substituents is 1. The van der Waals surface area contributed by atoms with Crippen LogP contribution in [0.15, 0.2) is 23.4 Å². The molecule has 0 aliphatic carbocycles. The fourth-order valence-electron chi connectivity index (χ4n) is 0.850. The van der Waals surface area contributed by atoms with Crippen molar-refractivity contribution in [2.24, 2.45) is 5.22 Å². The maximum absolute atomic E-state index is 10.5. The zero-order valence-electron chi connectivity index (χ0n) is 7.68. The van der Waals surface area contributed by atoms with Crippen molar-refractivity contribution in [2.75, 3.05) is 12.5 Å². The average molecular weight is 231 g/mol. The third-order valence-corrected chi connectivity index (χ3v) is 1.78. The second-order valence-corrected chi connectivity index (χ2v) is 3.01. The molecule has 15 heavy (non-hydrogen) atoms. The normalized spacial score (nSPS) is 11.2. The van der Waals surface area contributed by atoms with Gasteiger partial charge in [0.1, 0.15) is 12.1 Å². The highest BCUT2D eigenvalue weighted by Gasteiger charge is 2.13. The van der Waals surface area contributed by atoms with Crippen molar-refractivity contribution < 1.29 is 9.78 Å². The zero-order valence-corrected chi connectivity index (χ0v) is 8.43. The van der Waals surface area contributed by atoms with Crippen molar-refractivity contribution >= 4 is 23.0 Å². The first-order valence-corrected chi connectivity index (χ1v) is 4.20. The first-order chi connectivity index (χ1) is 7.00. The van der Waals surface area contributed by atoms with Crippen molar-refractivity contribution in [1.82, 2.24) is 0 Å². The van der Waals surface area contributed by atoms with Gasteiger partial charge in [-0.1, -0.05) is 11.6 Å². The summed E-state index contributed by atoms with van der Waals surface area (Å²) in [6.45, 7) is 0. The molecule has 0 bridgehead atoms. The van der Waals surface area contributed by atoms with Crippen LogP contribution in [-0.4, -0.2) is 16.8 Å². The Morgan fingerprint density at radius 1 is 1.47 bits per heavy atom. The average Bonchev–Trinajstić information content (AvgIpc) is 2.16. The Labute approximate surface area is 89.7 Å². The van der Waals surface area contributed by atoms with Gasteiger partial charge in [-0.2, -0.15) is 4.86 Å². The molecule has 0 fully saturated rings. The highest BCUT2D eigenvalue weighted by atomic mass is 35.5. The van der Waals surface area contributed by atoms with E-state index in [1.54, 1.807) is 0 Å². The van der Waals surface area contributed by atoms with Gasteiger partial charge >= 0.3 is 0 Å². The van der Waals surface area contributed by atoms with Crippen molar-refractivity contribution in [3.05, 3.63) is 38.5 Å². The smallest absolute Gasteiger partial charge is 0.292 e. The lowest BCUT2D eigenvalue weighted by molar-refractivity contribution is -0.497. The van der Waals surface area contributed by atoms with Crippen LogP contribution in [0.3, 0.4) is 0 Å². The van der Waals surface area contributed by atoms with E-state index in [-0.39, 0.29) is 10.7 Å². The monoisotopic (exact) mass is 230 g/mol. The van der Waals surface area contributed by atoms with E-state index in [4.69, 9.17) is 11.6 Å². The van der Waals surface area contributed by atoms with Gasteiger partial charge in [-0.25, -0.2) is 0 Å². The number of benzene rings is 1. The Balaban J connectivity index is 2.98. The Bertz CT molecular complexity index is 417. The number of anilines is 1. The number of nitro groups is 1. The van der Waals surface area contributed by atoms with Gasteiger partial charge in [0.25, 0.3) is 5.69 Å². The van der Waals surface area contributed by atoms with Crippen LogP contribution in [0.4, 0.5) is 11.4 Å². The first-order valence-electron chi connectivity index (χ1n) is 3.82. The minimum atomic E-state index is -0.617. The first kappa shape index (κ1) is 11.2. The summed E-state index contributed by atoms with van der Waals surface area (Å²) in [6.07, 6.45) is 0. The van der Waals surface area contributed by atoms with Crippen molar-refractivity contribution in [3.63, 3.8) is 0 Å². The summed E-state index contributed by atoms with van der Waals surface area (Å²) in [6, 6.07) is 4.01. The van der Waals surface area contributed by atoms with Gasteiger partial charge in [-0.3, -0.25) is 10.1 Å². The molecule has 0 aliphatic rings. The van der Waals surface area contributed by atoms with Gasteiger partial charge in [0, 0.05) is 0 Å². The van der Waals surface area contributed by atoms with Crippen molar-refractivity contribution in [2.45, 2.75) is 0 Å². The number of rotatable bonds is 3. The third kappa shape index (κ3) is 3.06. The lowest BCUT2D eigenvalue weighted by Gasteiger charge is -1.98. The van der Waals surface area contributed by atoms with E-state index in [1.807, 2.05) is 0 Å². The second kappa shape index (κ2) is 4.56. The Morgan fingerprint density at radius 3 is 2.67 bits per heavy atom. The van der Waals surface area contributed by atoms with E-state index < -0.39 is 4.92 Å². The summed E-state index contributed by atoms with van der Waals surface area (Å²) in [5.41, 5.74) is 2.41. The lowest BCUT2D eigenvalue weighted by atomic mass is 10.3. The molecule has 0 radical (unpaired) electrons. The van der Waals surface area contributed by atoms with Gasteiger partial charge in [-0.15, -0.1) is 5.43 Å². The fraction of sp³-hybridized carbons (Fsp3) is 0.143. The van der Waals surface area contributed by atoms with Gasteiger partial charge < -0.3 is 5.21 Å². The van der Waals surface area contributed by atoms with E-state index >= 15 is 0 Å². The van der Waals surface area contributed by atoms with E-state index in [0.717, 1.165) is 0 Å². The molecule has 7 nitrogen and oxygen atoms in total. The molecule has 0 heterocycles.